The monoisotopic (exact) mass is 294 g/mol. The minimum absolute atomic E-state index is 0.210. The van der Waals surface area contributed by atoms with Crippen LogP contribution >= 0.6 is 11.3 Å². The van der Waals surface area contributed by atoms with E-state index < -0.39 is 0 Å². The molecule has 1 saturated heterocycles. The average Bonchev–Trinajstić information content (AvgIpc) is 2.96. The highest BCUT2D eigenvalue weighted by Gasteiger charge is 2.14. The van der Waals surface area contributed by atoms with Crippen LogP contribution in [0.25, 0.3) is 10.2 Å². The van der Waals surface area contributed by atoms with E-state index in [4.69, 9.17) is 15.3 Å². The molecular weight excluding hydrogens is 276 g/mol. The highest BCUT2D eigenvalue weighted by Crippen LogP contribution is 2.24. The molecule has 6 nitrogen and oxygen atoms in total. The normalized spacial score (nSPS) is 19.4. The Morgan fingerprint density at radius 3 is 3.20 bits per heavy atom. The number of aromatic nitrogens is 2. The van der Waals surface area contributed by atoms with Crippen molar-refractivity contribution in [3.8, 4) is 0 Å². The van der Waals surface area contributed by atoms with Crippen molar-refractivity contribution in [3.63, 3.8) is 0 Å². The van der Waals surface area contributed by atoms with Gasteiger partial charge in [-0.3, -0.25) is 0 Å². The maximum atomic E-state index is 5.67. The number of thiophene rings is 1. The number of hydrogen-bond donors (Lipinski definition) is 2. The van der Waals surface area contributed by atoms with E-state index >= 15 is 0 Å². The summed E-state index contributed by atoms with van der Waals surface area (Å²) in [7, 11) is 0. The zero-order valence-electron chi connectivity index (χ0n) is 11.2. The molecule has 0 spiro atoms. The van der Waals surface area contributed by atoms with Crippen LogP contribution in [0.1, 0.15) is 25.1 Å². The van der Waals surface area contributed by atoms with Gasteiger partial charge in [0, 0.05) is 6.61 Å². The van der Waals surface area contributed by atoms with Crippen molar-refractivity contribution in [1.29, 1.82) is 0 Å². The van der Waals surface area contributed by atoms with Crippen LogP contribution in [0, 0.1) is 0 Å². The molecule has 0 radical (unpaired) electrons. The predicted molar refractivity (Wildman–Crippen MR) is 78.5 cm³/mol. The standard InChI is InChI=1S/C13H18N4O2S/c14-17-12-10-4-6-20-13(10)16-11(15-12)8-18-7-9-3-1-2-5-19-9/h4,6,9H,1-3,5,7-8,14H2,(H,15,16,17). The minimum atomic E-state index is 0.210. The topological polar surface area (TPSA) is 82.3 Å². The number of fused-ring (bicyclic) bond motifs is 1. The molecule has 1 unspecified atom stereocenters. The second-order valence-electron chi connectivity index (χ2n) is 4.78. The summed E-state index contributed by atoms with van der Waals surface area (Å²) in [5.74, 6) is 6.78. The van der Waals surface area contributed by atoms with E-state index in [-0.39, 0.29) is 6.10 Å². The summed E-state index contributed by atoms with van der Waals surface area (Å²) in [5, 5.41) is 2.91. The van der Waals surface area contributed by atoms with Crippen LogP contribution < -0.4 is 11.3 Å². The summed E-state index contributed by atoms with van der Waals surface area (Å²) >= 11 is 1.57. The zero-order chi connectivity index (χ0) is 13.8. The summed E-state index contributed by atoms with van der Waals surface area (Å²) in [6.45, 7) is 1.81. The van der Waals surface area contributed by atoms with Crippen LogP contribution in [0.5, 0.6) is 0 Å². The first-order chi connectivity index (χ1) is 9.86. The highest BCUT2D eigenvalue weighted by atomic mass is 32.1. The van der Waals surface area contributed by atoms with Crippen molar-refractivity contribution in [2.45, 2.75) is 32.0 Å². The number of ether oxygens (including phenoxy) is 2. The number of hydrogen-bond acceptors (Lipinski definition) is 7. The lowest BCUT2D eigenvalue weighted by molar-refractivity contribution is -0.0457. The first-order valence-corrected chi connectivity index (χ1v) is 7.65. The van der Waals surface area contributed by atoms with Crippen molar-refractivity contribution < 1.29 is 9.47 Å². The van der Waals surface area contributed by atoms with Gasteiger partial charge in [0.15, 0.2) is 11.6 Å². The third-order valence-electron chi connectivity index (χ3n) is 3.32. The third kappa shape index (κ3) is 3.06. The molecule has 1 aliphatic heterocycles. The first-order valence-electron chi connectivity index (χ1n) is 6.77. The van der Waals surface area contributed by atoms with Gasteiger partial charge in [-0.1, -0.05) is 0 Å². The van der Waals surface area contributed by atoms with Gasteiger partial charge in [-0.05, 0) is 30.7 Å². The lowest BCUT2D eigenvalue weighted by atomic mass is 10.1. The Balaban J connectivity index is 1.62. The Morgan fingerprint density at radius 1 is 1.45 bits per heavy atom. The van der Waals surface area contributed by atoms with E-state index in [0.717, 1.165) is 29.7 Å². The smallest absolute Gasteiger partial charge is 0.158 e. The molecule has 0 amide bonds. The van der Waals surface area contributed by atoms with Crippen LogP contribution in [-0.2, 0) is 16.1 Å². The quantitative estimate of drug-likeness (QED) is 0.649. The molecule has 108 valence electrons. The lowest BCUT2D eigenvalue weighted by Gasteiger charge is -2.22. The fourth-order valence-electron chi connectivity index (χ4n) is 2.29. The fraction of sp³-hybridized carbons (Fsp3) is 0.538. The SMILES string of the molecule is NNc1nc(COCC2CCCCO2)nc2sccc12. The average molecular weight is 294 g/mol. The number of rotatable bonds is 5. The molecule has 20 heavy (non-hydrogen) atoms. The first kappa shape index (κ1) is 13.7. The van der Waals surface area contributed by atoms with Crippen LogP contribution in [0.2, 0.25) is 0 Å². The highest BCUT2D eigenvalue weighted by molar-refractivity contribution is 7.16. The Kier molecular flexibility index (Phi) is 4.41. The molecule has 7 heteroatoms. The van der Waals surface area contributed by atoms with Crippen molar-refractivity contribution in [2.75, 3.05) is 18.6 Å². The summed E-state index contributed by atoms with van der Waals surface area (Å²) < 4.78 is 11.3. The molecular formula is C13H18N4O2S. The van der Waals surface area contributed by atoms with E-state index in [1.165, 1.54) is 6.42 Å². The Bertz CT molecular complexity index is 568. The van der Waals surface area contributed by atoms with Crippen molar-refractivity contribution >= 4 is 27.4 Å². The largest absolute Gasteiger partial charge is 0.376 e. The van der Waals surface area contributed by atoms with E-state index in [9.17, 15) is 0 Å². The van der Waals surface area contributed by atoms with Crippen LogP contribution in [0.15, 0.2) is 11.4 Å². The van der Waals surface area contributed by atoms with Crippen molar-refractivity contribution in [3.05, 3.63) is 17.3 Å². The van der Waals surface area contributed by atoms with E-state index in [1.807, 2.05) is 11.4 Å². The molecule has 1 fully saturated rings. The lowest BCUT2D eigenvalue weighted by Crippen LogP contribution is -2.24. The van der Waals surface area contributed by atoms with Crippen molar-refractivity contribution in [1.82, 2.24) is 9.97 Å². The second kappa shape index (κ2) is 6.45. The van der Waals surface area contributed by atoms with Gasteiger partial charge < -0.3 is 14.9 Å². The third-order valence-corrected chi connectivity index (χ3v) is 4.12. The van der Waals surface area contributed by atoms with E-state index in [2.05, 4.69) is 15.4 Å². The van der Waals surface area contributed by atoms with E-state index in [0.29, 0.717) is 24.9 Å². The summed E-state index contributed by atoms with van der Waals surface area (Å²) in [5.41, 5.74) is 2.61. The Morgan fingerprint density at radius 2 is 2.40 bits per heavy atom. The van der Waals surface area contributed by atoms with Gasteiger partial charge in [-0.2, -0.15) is 0 Å². The van der Waals surface area contributed by atoms with Gasteiger partial charge in [-0.25, -0.2) is 15.8 Å². The number of nitrogens with zero attached hydrogens (tertiary/aromatic N) is 2. The maximum Gasteiger partial charge on any atom is 0.158 e. The minimum Gasteiger partial charge on any atom is -0.376 e. The van der Waals surface area contributed by atoms with Gasteiger partial charge in [0.2, 0.25) is 0 Å². The number of anilines is 1. The Labute approximate surface area is 121 Å². The van der Waals surface area contributed by atoms with Crippen LogP contribution in [0.4, 0.5) is 5.82 Å². The molecule has 1 aliphatic rings. The summed E-state index contributed by atoms with van der Waals surface area (Å²) in [4.78, 5) is 9.76. The molecule has 0 saturated carbocycles. The zero-order valence-corrected chi connectivity index (χ0v) is 12.0. The van der Waals surface area contributed by atoms with E-state index in [1.54, 1.807) is 11.3 Å². The van der Waals surface area contributed by atoms with Crippen LogP contribution in [-0.4, -0.2) is 29.3 Å². The van der Waals surface area contributed by atoms with Gasteiger partial charge in [0.25, 0.3) is 0 Å². The second-order valence-corrected chi connectivity index (χ2v) is 5.67. The number of nitrogens with one attached hydrogen (secondary N) is 1. The molecule has 2 aromatic heterocycles. The van der Waals surface area contributed by atoms with Gasteiger partial charge >= 0.3 is 0 Å². The molecule has 0 aromatic carbocycles. The molecule has 3 N–H and O–H groups in total. The van der Waals surface area contributed by atoms with Crippen molar-refractivity contribution in [2.24, 2.45) is 5.84 Å². The number of hydrazine groups is 1. The summed E-state index contributed by atoms with van der Waals surface area (Å²) in [6.07, 6.45) is 3.65. The summed E-state index contributed by atoms with van der Waals surface area (Å²) in [6, 6.07) is 1.95. The number of nitrogen functional groups attached to an aromatic ring is 1. The molecule has 1 atom stereocenters. The predicted octanol–water partition coefficient (Wildman–Crippen LogP) is 2.06. The molecule has 0 bridgehead atoms. The molecule has 2 aromatic rings. The van der Waals surface area contributed by atoms with Gasteiger partial charge in [0.05, 0.1) is 18.1 Å². The Hall–Kier alpha value is -1.28. The molecule has 3 heterocycles. The number of nitrogens with two attached hydrogens (primary N) is 1. The van der Waals surface area contributed by atoms with Crippen LogP contribution in [0.3, 0.4) is 0 Å². The van der Waals surface area contributed by atoms with Gasteiger partial charge in [0.1, 0.15) is 11.4 Å². The molecule has 0 aliphatic carbocycles. The fourth-order valence-corrected chi connectivity index (χ4v) is 3.08. The maximum absolute atomic E-state index is 5.67. The molecule has 3 rings (SSSR count). The van der Waals surface area contributed by atoms with Gasteiger partial charge in [-0.15, -0.1) is 11.3 Å².